The summed E-state index contributed by atoms with van der Waals surface area (Å²) in [6.45, 7) is 2.07. The number of anilines is 1. The predicted octanol–water partition coefficient (Wildman–Crippen LogP) is 1.78. The van der Waals surface area contributed by atoms with Crippen molar-refractivity contribution in [1.82, 2.24) is 9.78 Å². The number of carbonyl (C=O) groups is 1. The van der Waals surface area contributed by atoms with Gasteiger partial charge in [-0.1, -0.05) is 21.6 Å². The molecule has 2 rings (SSSR count). The summed E-state index contributed by atoms with van der Waals surface area (Å²) in [7, 11) is 3.23. The van der Waals surface area contributed by atoms with Gasteiger partial charge in [-0.15, -0.1) is 12.6 Å². The van der Waals surface area contributed by atoms with E-state index in [1.54, 1.807) is 33.2 Å². The van der Waals surface area contributed by atoms with Crippen LogP contribution in [0.15, 0.2) is 4.90 Å². The first kappa shape index (κ1) is 11.0. The molecule has 0 radical (unpaired) electrons. The summed E-state index contributed by atoms with van der Waals surface area (Å²) in [5.74, 6) is -0.172. The van der Waals surface area contributed by atoms with E-state index >= 15 is 0 Å². The van der Waals surface area contributed by atoms with E-state index in [1.165, 1.54) is 0 Å². The largest absolute Gasteiger partial charge is 0.461 e. The van der Waals surface area contributed by atoms with Gasteiger partial charge in [0.2, 0.25) is 0 Å². The van der Waals surface area contributed by atoms with Crippen molar-refractivity contribution in [3.63, 3.8) is 0 Å². The summed E-state index contributed by atoms with van der Waals surface area (Å²) >= 11 is 4.16. The van der Waals surface area contributed by atoms with E-state index in [2.05, 4.69) is 17.7 Å². The third kappa shape index (κ3) is 2.06. The first-order valence-electron chi connectivity index (χ1n) is 4.21. The second-order valence-corrected chi connectivity index (χ2v) is 5.93. The molecule has 15 heavy (non-hydrogen) atoms. The number of carbonyl (C=O) groups excluding carboxylic acids is 1. The number of hydrogen-bond acceptors (Lipinski definition) is 7. The molecule has 2 N–H and O–H groups in total. The van der Waals surface area contributed by atoms with E-state index in [1.807, 2.05) is 0 Å². The fraction of sp³-hybridized carbons (Fsp3) is 0.429. The van der Waals surface area contributed by atoms with Gasteiger partial charge in [0.1, 0.15) is 0 Å². The van der Waals surface area contributed by atoms with E-state index in [4.69, 9.17) is 10.5 Å². The number of rotatable bonds is 3. The van der Waals surface area contributed by atoms with E-state index in [9.17, 15) is 4.79 Å². The average Bonchev–Trinajstić information content (AvgIpc) is 2.96. The lowest BCUT2D eigenvalue weighted by Gasteiger charge is -2.03. The van der Waals surface area contributed by atoms with Crippen LogP contribution in [0.4, 0.5) is 5.82 Å². The van der Waals surface area contributed by atoms with Gasteiger partial charge in [-0.25, -0.2) is 9.48 Å². The maximum absolute atomic E-state index is 11.6. The molecule has 0 spiro atoms. The third-order valence-corrected chi connectivity index (χ3v) is 4.06. The number of nitrogens with zero attached hydrogens (tertiary/aromatic N) is 2. The molecule has 0 aliphatic carbocycles. The van der Waals surface area contributed by atoms with Gasteiger partial charge in [0.25, 0.3) is 0 Å². The summed E-state index contributed by atoms with van der Waals surface area (Å²) in [6, 6.07) is 0. The Morgan fingerprint density at radius 3 is 2.93 bits per heavy atom. The quantitative estimate of drug-likeness (QED) is 0.375. The minimum absolute atomic E-state index is 0.118. The SMILES string of the molecule is CCOC(=O)c1c(S)c(N)nn1C1SS1. The number of thiol groups is 1. The number of aromatic nitrogens is 2. The van der Waals surface area contributed by atoms with E-state index in [0.717, 1.165) is 0 Å². The Bertz CT molecular complexity index is 402. The fourth-order valence-electron chi connectivity index (χ4n) is 1.09. The minimum Gasteiger partial charge on any atom is -0.461 e. The Morgan fingerprint density at radius 1 is 1.73 bits per heavy atom. The number of ether oxygens (including phenoxy) is 1. The second-order valence-electron chi connectivity index (χ2n) is 2.75. The van der Waals surface area contributed by atoms with Crippen LogP contribution in [-0.2, 0) is 4.74 Å². The van der Waals surface area contributed by atoms with Crippen molar-refractivity contribution in [2.24, 2.45) is 0 Å². The van der Waals surface area contributed by atoms with Crippen molar-refractivity contribution in [2.45, 2.75) is 16.5 Å². The molecule has 8 heteroatoms. The smallest absolute Gasteiger partial charge is 0.357 e. The van der Waals surface area contributed by atoms with Crippen LogP contribution < -0.4 is 5.73 Å². The monoisotopic (exact) mass is 263 g/mol. The summed E-state index contributed by atoms with van der Waals surface area (Å²) in [4.78, 5) is 12.0. The Labute approximate surface area is 99.9 Å². The number of hydrogen-bond donors (Lipinski definition) is 2. The van der Waals surface area contributed by atoms with Gasteiger partial charge in [-0.2, -0.15) is 5.10 Å². The molecule has 2 heterocycles. The molecule has 1 saturated heterocycles. The highest BCUT2D eigenvalue weighted by Crippen LogP contribution is 2.63. The minimum atomic E-state index is -0.431. The molecule has 0 bridgehead atoms. The van der Waals surface area contributed by atoms with Crippen molar-refractivity contribution < 1.29 is 9.53 Å². The normalized spacial score (nSPS) is 15.3. The predicted molar refractivity (Wildman–Crippen MR) is 64.1 cm³/mol. The number of nitrogen functional groups attached to an aromatic ring is 1. The van der Waals surface area contributed by atoms with Crippen molar-refractivity contribution in [3.8, 4) is 0 Å². The van der Waals surface area contributed by atoms with Gasteiger partial charge in [0, 0.05) is 0 Å². The molecular weight excluding hydrogens is 254 g/mol. The fourth-order valence-corrected chi connectivity index (χ4v) is 2.49. The molecular formula is C7H9N3O2S3. The Kier molecular flexibility index (Phi) is 3.08. The molecule has 1 fully saturated rings. The molecule has 0 saturated carbocycles. The molecule has 0 atom stereocenters. The first-order chi connectivity index (χ1) is 7.15. The Hall–Kier alpha value is -0.470. The zero-order valence-electron chi connectivity index (χ0n) is 7.84. The molecule has 1 aliphatic rings. The number of nitrogens with two attached hydrogens (primary N) is 1. The van der Waals surface area contributed by atoms with Crippen LogP contribution >= 0.6 is 34.2 Å². The van der Waals surface area contributed by atoms with Gasteiger partial charge in [-0.05, 0) is 6.92 Å². The topological polar surface area (TPSA) is 70.1 Å². The lowest BCUT2D eigenvalue weighted by atomic mass is 10.4. The second kappa shape index (κ2) is 4.18. The zero-order chi connectivity index (χ0) is 11.0. The molecule has 5 nitrogen and oxygen atoms in total. The van der Waals surface area contributed by atoms with E-state index in [0.29, 0.717) is 17.2 Å². The summed E-state index contributed by atoms with van der Waals surface area (Å²) in [6.07, 6.45) is 0. The van der Waals surface area contributed by atoms with E-state index < -0.39 is 5.97 Å². The van der Waals surface area contributed by atoms with E-state index in [-0.39, 0.29) is 10.5 Å². The molecule has 82 valence electrons. The molecule has 0 amide bonds. The molecule has 1 aromatic heterocycles. The zero-order valence-corrected chi connectivity index (χ0v) is 10.4. The molecule has 1 aromatic rings. The van der Waals surface area contributed by atoms with Gasteiger partial charge >= 0.3 is 5.97 Å². The number of esters is 1. The third-order valence-electron chi connectivity index (χ3n) is 1.76. The van der Waals surface area contributed by atoms with Crippen molar-refractivity contribution in [1.29, 1.82) is 0 Å². The summed E-state index contributed by atoms with van der Waals surface area (Å²) in [5.41, 5.74) is 5.94. The van der Waals surface area contributed by atoms with Gasteiger partial charge in [-0.3, -0.25) is 0 Å². The standard InChI is InChI=1S/C7H9N3O2S3/c1-2-12-6(11)3-4(13)5(8)9-10(3)7-14-15-7/h7,13H,2H2,1H3,(H2,8,9). The Morgan fingerprint density at radius 2 is 2.40 bits per heavy atom. The van der Waals surface area contributed by atoms with Crippen LogP contribution in [0.2, 0.25) is 0 Å². The van der Waals surface area contributed by atoms with Crippen LogP contribution in [-0.4, -0.2) is 22.4 Å². The van der Waals surface area contributed by atoms with Crippen LogP contribution in [0, 0.1) is 0 Å². The molecule has 0 unspecified atom stereocenters. The lowest BCUT2D eigenvalue weighted by molar-refractivity contribution is 0.0509. The van der Waals surface area contributed by atoms with Crippen LogP contribution in [0.25, 0.3) is 0 Å². The maximum Gasteiger partial charge on any atom is 0.357 e. The first-order valence-corrected chi connectivity index (χ1v) is 6.93. The highest BCUT2D eigenvalue weighted by atomic mass is 33.2. The maximum atomic E-state index is 11.6. The van der Waals surface area contributed by atoms with Gasteiger partial charge < -0.3 is 10.5 Å². The average molecular weight is 263 g/mol. The highest BCUT2D eigenvalue weighted by molar-refractivity contribution is 8.91. The van der Waals surface area contributed by atoms with Crippen LogP contribution in [0.1, 0.15) is 22.1 Å². The van der Waals surface area contributed by atoms with Crippen molar-refractivity contribution in [3.05, 3.63) is 5.69 Å². The highest BCUT2D eigenvalue weighted by Gasteiger charge is 2.34. The van der Waals surface area contributed by atoms with Crippen LogP contribution in [0.3, 0.4) is 0 Å². The summed E-state index contributed by atoms with van der Waals surface area (Å²) in [5, 5.41) is 4.05. The lowest BCUT2D eigenvalue weighted by Crippen LogP contribution is -2.12. The van der Waals surface area contributed by atoms with Gasteiger partial charge in [0.05, 0.1) is 11.5 Å². The Balaban J connectivity index is 2.38. The van der Waals surface area contributed by atoms with Crippen LogP contribution in [0.5, 0.6) is 0 Å². The van der Waals surface area contributed by atoms with Crippen molar-refractivity contribution in [2.75, 3.05) is 12.3 Å². The van der Waals surface area contributed by atoms with Crippen molar-refractivity contribution >= 4 is 46.0 Å². The molecule has 1 aliphatic heterocycles. The summed E-state index contributed by atoms with van der Waals surface area (Å²) < 4.78 is 6.60. The van der Waals surface area contributed by atoms with Gasteiger partial charge in [0.15, 0.2) is 16.2 Å². The molecule has 0 aromatic carbocycles.